The number of fused-ring (bicyclic) bond motifs is 1. The van der Waals surface area contributed by atoms with Gasteiger partial charge in [-0.15, -0.1) is 0 Å². The molecule has 0 saturated carbocycles. The van der Waals surface area contributed by atoms with Crippen molar-refractivity contribution >= 4 is 67.3 Å². The van der Waals surface area contributed by atoms with Gasteiger partial charge in [-0.25, -0.2) is 4.98 Å². The summed E-state index contributed by atoms with van der Waals surface area (Å²) in [5.41, 5.74) is -4.47. The maximum atomic E-state index is 13.6. The van der Waals surface area contributed by atoms with Crippen LogP contribution in [0.2, 0.25) is 5.02 Å². The summed E-state index contributed by atoms with van der Waals surface area (Å²) in [6.45, 7) is 8.17. The van der Waals surface area contributed by atoms with Gasteiger partial charge in [0.2, 0.25) is 11.8 Å². The van der Waals surface area contributed by atoms with Gasteiger partial charge in [0.25, 0.3) is 0 Å². The van der Waals surface area contributed by atoms with E-state index in [0.717, 1.165) is 70.5 Å². The molecule has 0 bridgehead atoms. The number of halogens is 4. The third-order valence-corrected chi connectivity index (χ3v) is 11.0. The van der Waals surface area contributed by atoms with Gasteiger partial charge in [-0.3, -0.25) is 19.2 Å². The van der Waals surface area contributed by atoms with E-state index < -0.39 is 21.2 Å². The molecule has 3 aromatic heterocycles. The number of sulfonamides is 1. The topological polar surface area (TPSA) is 145 Å². The number of rotatable bonds is 10. The highest BCUT2D eigenvalue weighted by molar-refractivity contribution is 7.93. The summed E-state index contributed by atoms with van der Waals surface area (Å²) < 4.78 is 71.7. The molecule has 2 N–H and O–H groups in total. The van der Waals surface area contributed by atoms with Crippen molar-refractivity contribution in [2.75, 3.05) is 80.3 Å². The van der Waals surface area contributed by atoms with Crippen LogP contribution in [0.1, 0.15) is 25.3 Å². The molecule has 4 aromatic rings. The van der Waals surface area contributed by atoms with E-state index in [2.05, 4.69) is 59.2 Å². The highest BCUT2D eigenvalue weighted by Crippen LogP contribution is 2.40. The number of pyridine rings is 1. The normalized spacial score (nSPS) is 16.7. The number of piperazine rings is 1. The van der Waals surface area contributed by atoms with Gasteiger partial charge in [0.05, 0.1) is 24.5 Å². The molecule has 6 rings (SSSR count). The maximum Gasteiger partial charge on any atom is 0.516 e. The van der Waals surface area contributed by atoms with Crippen LogP contribution in [0, 0.1) is 0 Å². The Morgan fingerprint density at radius 1 is 1.00 bits per heavy atom. The number of aryl methyl sites for hydroxylation is 1. The molecule has 2 fully saturated rings. The second kappa shape index (κ2) is 14.8. The van der Waals surface area contributed by atoms with Crippen molar-refractivity contribution in [2.45, 2.75) is 37.7 Å². The van der Waals surface area contributed by atoms with Crippen LogP contribution in [0.4, 0.5) is 47.8 Å². The Labute approximate surface area is 299 Å². The molecule has 51 heavy (non-hydrogen) atoms. The zero-order valence-electron chi connectivity index (χ0n) is 28.6. The average Bonchev–Trinajstić information content (AvgIpc) is 3.12. The number of nitrogens with one attached hydrogen (secondary N) is 2. The fourth-order valence-electron chi connectivity index (χ4n) is 6.42. The van der Waals surface area contributed by atoms with Gasteiger partial charge < -0.3 is 25.2 Å². The lowest BCUT2D eigenvalue weighted by Gasteiger charge is -2.42. The number of methoxy groups -OCH3 is 1. The number of ether oxygens (including phenoxy) is 1. The fourth-order valence-corrected chi connectivity index (χ4v) is 7.29. The Morgan fingerprint density at radius 3 is 2.37 bits per heavy atom. The lowest BCUT2D eigenvalue weighted by Crippen LogP contribution is -2.52. The van der Waals surface area contributed by atoms with E-state index in [1.54, 1.807) is 0 Å². The van der Waals surface area contributed by atoms with E-state index in [1.165, 1.54) is 37.8 Å². The molecule has 19 heteroatoms. The smallest absolute Gasteiger partial charge is 0.479 e. The monoisotopic (exact) mass is 749 g/mol. The summed E-state index contributed by atoms with van der Waals surface area (Å²) in [7, 11) is -1.34. The molecule has 2 saturated heterocycles. The van der Waals surface area contributed by atoms with Gasteiger partial charge in [-0.2, -0.15) is 31.6 Å². The predicted octanol–water partition coefficient (Wildman–Crippen LogP) is 5.03. The van der Waals surface area contributed by atoms with E-state index in [9.17, 15) is 21.6 Å². The zero-order valence-corrected chi connectivity index (χ0v) is 30.1. The predicted molar refractivity (Wildman–Crippen MR) is 191 cm³/mol. The number of anilines is 6. The van der Waals surface area contributed by atoms with Crippen LogP contribution in [0.5, 0.6) is 5.88 Å². The Bertz CT molecular complexity index is 1990. The summed E-state index contributed by atoms with van der Waals surface area (Å²) in [5, 5.41) is 6.02. The molecule has 274 valence electrons. The standard InChI is InChI=1S/C32H39ClF3N11O3S/c1-5-20-18-25(30(50-4)43-29(20)47-12-8-21(9-13-47)46-16-14-44(2)15-17-46)41-31-39-19-22(33)28(42-31)40-24-7-6-23-26(38-11-10-37-23)27(24)45(3)51(48,49)32(34,35)36/h6-7,10-11,18-19,21H,5,8-9,12-17H2,1-4H3,(H2,39,40,41,42). The Hall–Kier alpha value is -4.26. The number of hydrogen-bond donors (Lipinski definition) is 2. The minimum absolute atomic E-state index is 0.0149. The largest absolute Gasteiger partial charge is 0.516 e. The van der Waals surface area contributed by atoms with Crippen molar-refractivity contribution in [1.29, 1.82) is 0 Å². The van der Waals surface area contributed by atoms with Crippen LogP contribution in [-0.2, 0) is 16.4 Å². The lowest BCUT2D eigenvalue weighted by atomic mass is 10.0. The van der Waals surface area contributed by atoms with Crippen LogP contribution in [0.3, 0.4) is 0 Å². The number of piperidine rings is 1. The molecule has 0 amide bonds. The molecule has 0 atom stereocenters. The highest BCUT2D eigenvalue weighted by Gasteiger charge is 2.50. The van der Waals surface area contributed by atoms with Gasteiger partial charge in [0, 0.05) is 64.8 Å². The van der Waals surface area contributed by atoms with E-state index in [-0.39, 0.29) is 37.8 Å². The van der Waals surface area contributed by atoms with Crippen molar-refractivity contribution in [2.24, 2.45) is 0 Å². The molecule has 2 aliphatic rings. The lowest BCUT2D eigenvalue weighted by molar-refractivity contribution is -0.0436. The SMILES string of the molecule is CCc1cc(Nc2ncc(Cl)c(Nc3ccc4nccnc4c3N(C)S(=O)(=O)C(F)(F)F)n2)c(OC)nc1N1CCC(N2CCN(C)CC2)CC1. The van der Waals surface area contributed by atoms with Crippen molar-refractivity contribution in [3.63, 3.8) is 0 Å². The summed E-state index contributed by atoms with van der Waals surface area (Å²) in [4.78, 5) is 29.1. The van der Waals surface area contributed by atoms with Crippen molar-refractivity contribution < 1.29 is 26.3 Å². The third-order valence-electron chi connectivity index (χ3n) is 9.26. The van der Waals surface area contributed by atoms with Gasteiger partial charge in [-0.05, 0) is 50.1 Å². The maximum absolute atomic E-state index is 13.6. The molecule has 14 nitrogen and oxygen atoms in total. The van der Waals surface area contributed by atoms with Crippen LogP contribution < -0.4 is 24.6 Å². The van der Waals surface area contributed by atoms with Crippen molar-refractivity contribution in [3.8, 4) is 5.88 Å². The Morgan fingerprint density at radius 2 is 1.71 bits per heavy atom. The van der Waals surface area contributed by atoms with Gasteiger partial charge in [0.15, 0.2) is 5.82 Å². The Kier molecular flexibility index (Phi) is 10.6. The molecule has 0 spiro atoms. The molecular formula is C32H39ClF3N11O3S. The van der Waals surface area contributed by atoms with Gasteiger partial charge in [0.1, 0.15) is 27.7 Å². The van der Waals surface area contributed by atoms with E-state index >= 15 is 0 Å². The van der Waals surface area contributed by atoms with Crippen molar-refractivity contribution in [1.82, 2.24) is 34.7 Å². The molecule has 0 unspecified atom stereocenters. The minimum Gasteiger partial charge on any atom is -0.479 e. The van der Waals surface area contributed by atoms with Crippen LogP contribution >= 0.6 is 11.6 Å². The van der Waals surface area contributed by atoms with Crippen LogP contribution in [0.15, 0.2) is 36.8 Å². The van der Waals surface area contributed by atoms with Crippen molar-refractivity contribution in [3.05, 3.63) is 47.4 Å². The first-order chi connectivity index (χ1) is 24.3. The quantitative estimate of drug-likeness (QED) is 0.224. The minimum atomic E-state index is -5.81. The fraction of sp³-hybridized carbons (Fsp3) is 0.469. The summed E-state index contributed by atoms with van der Waals surface area (Å²) in [6, 6.07) is 5.35. The van der Waals surface area contributed by atoms with Crippen LogP contribution in [-0.4, -0.2) is 115 Å². The summed E-state index contributed by atoms with van der Waals surface area (Å²) >= 11 is 6.44. The number of likely N-dealkylation sites (N-methyl/N-ethyl adjacent to an activating group) is 1. The Balaban J connectivity index is 1.26. The molecule has 5 heterocycles. The number of aromatic nitrogens is 5. The molecule has 0 radical (unpaired) electrons. The summed E-state index contributed by atoms with van der Waals surface area (Å²) in [6.07, 6.45) is 6.69. The first-order valence-electron chi connectivity index (χ1n) is 16.4. The number of alkyl halides is 3. The van der Waals surface area contributed by atoms with E-state index in [1.807, 2.05) is 6.07 Å². The number of benzene rings is 1. The second-order valence-corrected chi connectivity index (χ2v) is 14.8. The van der Waals surface area contributed by atoms with E-state index in [0.29, 0.717) is 24.0 Å². The molecule has 0 aliphatic carbocycles. The van der Waals surface area contributed by atoms with E-state index in [4.69, 9.17) is 21.3 Å². The summed E-state index contributed by atoms with van der Waals surface area (Å²) in [5.74, 6) is 1.24. The molecule has 2 aliphatic heterocycles. The van der Waals surface area contributed by atoms with Gasteiger partial charge in [-0.1, -0.05) is 18.5 Å². The first-order valence-corrected chi connectivity index (χ1v) is 18.2. The highest BCUT2D eigenvalue weighted by atomic mass is 35.5. The first kappa shape index (κ1) is 36.5. The molecule has 1 aromatic carbocycles. The average molecular weight is 750 g/mol. The number of nitrogens with zero attached hydrogens (tertiary/aromatic N) is 9. The van der Waals surface area contributed by atoms with Gasteiger partial charge >= 0.3 is 15.5 Å². The van der Waals surface area contributed by atoms with Crippen LogP contribution in [0.25, 0.3) is 11.0 Å². The molecular weight excluding hydrogens is 711 g/mol. The zero-order chi connectivity index (χ0) is 36.5. The second-order valence-electron chi connectivity index (χ2n) is 12.4. The third kappa shape index (κ3) is 7.54. The number of hydrogen-bond acceptors (Lipinski definition) is 13.